The van der Waals surface area contributed by atoms with Crippen LogP contribution in [0, 0.1) is 0 Å². The molecular weight excluding hydrogens is 176 g/mol. The van der Waals surface area contributed by atoms with Crippen LogP contribution < -0.4 is 10.1 Å². The Balaban J connectivity index is 2.64. The number of ether oxygens (including phenoxy) is 1. The molecule has 78 valence electrons. The summed E-state index contributed by atoms with van der Waals surface area (Å²) in [5.41, 5.74) is 1.11. The molecule has 0 radical (unpaired) electrons. The van der Waals surface area contributed by atoms with Crippen molar-refractivity contribution in [2.75, 3.05) is 6.61 Å². The van der Waals surface area contributed by atoms with Gasteiger partial charge in [-0.25, -0.2) is 0 Å². The van der Waals surface area contributed by atoms with E-state index in [-0.39, 0.29) is 0 Å². The predicted octanol–water partition coefficient (Wildman–Crippen LogP) is 1.98. The van der Waals surface area contributed by atoms with Crippen molar-refractivity contribution in [3.8, 4) is 5.75 Å². The average molecular weight is 194 g/mol. The minimum Gasteiger partial charge on any atom is -0.493 e. The maximum atomic E-state index is 5.49. The van der Waals surface area contributed by atoms with Gasteiger partial charge in [0.05, 0.1) is 6.61 Å². The summed E-state index contributed by atoms with van der Waals surface area (Å²) in [5.74, 6) is 0.927. The first-order valence-electron chi connectivity index (χ1n) is 5.03. The standard InChI is InChI=1S/C11H18N2O/c1-4-14-11-5-6-12-7-10(11)8-13-9(2)3/h5-7,9,13H,4,8H2,1-3H3. The Bertz CT molecular complexity index is 274. The number of hydrogen-bond acceptors (Lipinski definition) is 3. The molecule has 3 nitrogen and oxygen atoms in total. The van der Waals surface area contributed by atoms with Crippen molar-refractivity contribution in [2.45, 2.75) is 33.4 Å². The molecule has 0 aliphatic carbocycles. The molecule has 0 amide bonds. The number of nitrogens with one attached hydrogen (secondary N) is 1. The van der Waals surface area contributed by atoms with Crippen LogP contribution in [0.3, 0.4) is 0 Å². The van der Waals surface area contributed by atoms with Gasteiger partial charge in [-0.15, -0.1) is 0 Å². The van der Waals surface area contributed by atoms with Crippen LogP contribution in [0.5, 0.6) is 5.75 Å². The zero-order chi connectivity index (χ0) is 10.4. The van der Waals surface area contributed by atoms with Crippen molar-refractivity contribution < 1.29 is 4.74 Å². The topological polar surface area (TPSA) is 34.1 Å². The predicted molar refractivity (Wildman–Crippen MR) is 57.4 cm³/mol. The fourth-order valence-electron chi connectivity index (χ4n) is 1.16. The molecule has 1 N–H and O–H groups in total. The van der Waals surface area contributed by atoms with Crippen LogP contribution >= 0.6 is 0 Å². The normalized spacial score (nSPS) is 10.6. The number of nitrogens with zero attached hydrogens (tertiary/aromatic N) is 1. The van der Waals surface area contributed by atoms with Gasteiger partial charge in [0, 0.05) is 30.5 Å². The van der Waals surface area contributed by atoms with E-state index in [1.165, 1.54) is 0 Å². The molecule has 0 aliphatic heterocycles. The molecule has 3 heteroatoms. The van der Waals surface area contributed by atoms with Crippen LogP contribution in [0.2, 0.25) is 0 Å². The number of aromatic nitrogens is 1. The quantitative estimate of drug-likeness (QED) is 0.778. The molecule has 0 saturated heterocycles. The van der Waals surface area contributed by atoms with E-state index in [4.69, 9.17) is 4.74 Å². The molecule has 0 fully saturated rings. The van der Waals surface area contributed by atoms with Crippen molar-refractivity contribution in [3.63, 3.8) is 0 Å². The van der Waals surface area contributed by atoms with E-state index in [0.717, 1.165) is 17.9 Å². The Hall–Kier alpha value is -1.09. The van der Waals surface area contributed by atoms with E-state index in [0.29, 0.717) is 12.6 Å². The van der Waals surface area contributed by atoms with E-state index in [1.54, 1.807) is 6.20 Å². The number of hydrogen-bond donors (Lipinski definition) is 1. The highest BCUT2D eigenvalue weighted by Crippen LogP contribution is 2.16. The summed E-state index contributed by atoms with van der Waals surface area (Å²) in [7, 11) is 0. The summed E-state index contributed by atoms with van der Waals surface area (Å²) < 4.78 is 5.49. The molecule has 1 aromatic heterocycles. The second-order valence-electron chi connectivity index (χ2n) is 3.45. The summed E-state index contributed by atoms with van der Waals surface area (Å²) >= 11 is 0. The van der Waals surface area contributed by atoms with Crippen molar-refractivity contribution in [2.24, 2.45) is 0 Å². The second-order valence-corrected chi connectivity index (χ2v) is 3.45. The molecule has 0 spiro atoms. The molecule has 0 atom stereocenters. The van der Waals surface area contributed by atoms with E-state index < -0.39 is 0 Å². The largest absolute Gasteiger partial charge is 0.493 e. The fourth-order valence-corrected chi connectivity index (χ4v) is 1.16. The lowest BCUT2D eigenvalue weighted by Crippen LogP contribution is -2.22. The van der Waals surface area contributed by atoms with Crippen LogP contribution in [0.4, 0.5) is 0 Å². The van der Waals surface area contributed by atoms with Crippen LogP contribution in [-0.4, -0.2) is 17.6 Å². The third-order valence-electron chi connectivity index (χ3n) is 1.86. The van der Waals surface area contributed by atoms with Gasteiger partial charge >= 0.3 is 0 Å². The number of rotatable bonds is 5. The highest BCUT2D eigenvalue weighted by molar-refractivity contribution is 5.29. The van der Waals surface area contributed by atoms with E-state index in [9.17, 15) is 0 Å². The highest BCUT2D eigenvalue weighted by Gasteiger charge is 2.02. The number of pyridine rings is 1. The third-order valence-corrected chi connectivity index (χ3v) is 1.86. The smallest absolute Gasteiger partial charge is 0.126 e. The molecule has 0 unspecified atom stereocenters. The lowest BCUT2D eigenvalue weighted by molar-refractivity contribution is 0.334. The van der Waals surface area contributed by atoms with Gasteiger partial charge < -0.3 is 10.1 Å². The van der Waals surface area contributed by atoms with Gasteiger partial charge in [-0.3, -0.25) is 4.98 Å². The van der Waals surface area contributed by atoms with Crippen molar-refractivity contribution in [3.05, 3.63) is 24.0 Å². The first-order chi connectivity index (χ1) is 6.74. The molecule has 14 heavy (non-hydrogen) atoms. The van der Waals surface area contributed by atoms with Gasteiger partial charge in [0.2, 0.25) is 0 Å². The minimum atomic E-state index is 0.477. The third kappa shape index (κ3) is 3.34. The summed E-state index contributed by atoms with van der Waals surface area (Å²) in [6, 6.07) is 2.38. The minimum absolute atomic E-state index is 0.477. The van der Waals surface area contributed by atoms with Gasteiger partial charge in [-0.1, -0.05) is 13.8 Å². The van der Waals surface area contributed by atoms with Gasteiger partial charge in [0.1, 0.15) is 5.75 Å². The maximum Gasteiger partial charge on any atom is 0.126 e. The Morgan fingerprint density at radius 1 is 1.50 bits per heavy atom. The van der Waals surface area contributed by atoms with Crippen LogP contribution in [-0.2, 0) is 6.54 Å². The Morgan fingerprint density at radius 3 is 2.93 bits per heavy atom. The maximum absolute atomic E-state index is 5.49. The first kappa shape index (κ1) is 11.0. The lowest BCUT2D eigenvalue weighted by Gasteiger charge is -2.11. The summed E-state index contributed by atoms with van der Waals surface area (Å²) in [6.45, 7) is 7.73. The zero-order valence-electron chi connectivity index (χ0n) is 9.08. The highest BCUT2D eigenvalue weighted by atomic mass is 16.5. The SMILES string of the molecule is CCOc1ccncc1CNC(C)C. The zero-order valence-corrected chi connectivity index (χ0v) is 9.08. The van der Waals surface area contributed by atoms with Gasteiger partial charge in [0.15, 0.2) is 0 Å². The van der Waals surface area contributed by atoms with Crippen LogP contribution in [0.25, 0.3) is 0 Å². The van der Waals surface area contributed by atoms with Crippen LogP contribution in [0.15, 0.2) is 18.5 Å². The van der Waals surface area contributed by atoms with Gasteiger partial charge in [-0.2, -0.15) is 0 Å². The summed E-state index contributed by atoms with van der Waals surface area (Å²) in [6.07, 6.45) is 3.60. The summed E-state index contributed by atoms with van der Waals surface area (Å²) in [5, 5.41) is 3.34. The average Bonchev–Trinajstić information content (AvgIpc) is 2.17. The van der Waals surface area contributed by atoms with Gasteiger partial charge in [-0.05, 0) is 13.0 Å². The monoisotopic (exact) mass is 194 g/mol. The summed E-state index contributed by atoms with van der Waals surface area (Å²) in [4.78, 5) is 4.09. The van der Waals surface area contributed by atoms with Crippen molar-refractivity contribution in [1.29, 1.82) is 0 Å². The van der Waals surface area contributed by atoms with Gasteiger partial charge in [0.25, 0.3) is 0 Å². The molecule has 1 rings (SSSR count). The van der Waals surface area contributed by atoms with E-state index in [2.05, 4.69) is 24.1 Å². The van der Waals surface area contributed by atoms with E-state index in [1.807, 2.05) is 19.2 Å². The van der Waals surface area contributed by atoms with Crippen molar-refractivity contribution >= 4 is 0 Å². The molecule has 0 bridgehead atoms. The van der Waals surface area contributed by atoms with E-state index >= 15 is 0 Å². The molecule has 1 aromatic rings. The molecule has 0 aromatic carbocycles. The molecule has 0 aliphatic rings. The Morgan fingerprint density at radius 2 is 2.29 bits per heavy atom. The Kier molecular flexibility index (Phi) is 4.40. The molecule has 1 heterocycles. The molecular formula is C11H18N2O. The first-order valence-corrected chi connectivity index (χ1v) is 5.03. The Labute approximate surface area is 85.5 Å². The second kappa shape index (κ2) is 5.60. The lowest BCUT2D eigenvalue weighted by atomic mass is 10.2. The van der Waals surface area contributed by atoms with Crippen molar-refractivity contribution in [1.82, 2.24) is 10.3 Å². The molecule has 0 saturated carbocycles. The van der Waals surface area contributed by atoms with Crippen LogP contribution in [0.1, 0.15) is 26.3 Å². The fraction of sp³-hybridized carbons (Fsp3) is 0.545.